The van der Waals surface area contributed by atoms with E-state index in [1.807, 2.05) is 13.8 Å². The average molecular weight is 320 g/mol. The van der Waals surface area contributed by atoms with Gasteiger partial charge in [0.25, 0.3) is 6.43 Å². The number of esters is 1. The van der Waals surface area contributed by atoms with Crippen molar-refractivity contribution in [3.05, 3.63) is 10.9 Å². The van der Waals surface area contributed by atoms with E-state index in [0.29, 0.717) is 4.88 Å². The van der Waals surface area contributed by atoms with E-state index < -0.39 is 19.0 Å². The Balaban J connectivity index is 2.15. The van der Waals surface area contributed by atoms with Gasteiger partial charge in [0.1, 0.15) is 9.71 Å². The van der Waals surface area contributed by atoms with Crippen LogP contribution in [0.15, 0.2) is 6.07 Å². The molecule has 110 valence electrons. The highest BCUT2D eigenvalue weighted by atomic mass is 32.1. The Morgan fingerprint density at radius 2 is 2.10 bits per heavy atom. The Hall–Kier alpha value is -1.28. The van der Waals surface area contributed by atoms with E-state index in [1.165, 1.54) is 22.7 Å². The van der Waals surface area contributed by atoms with Crippen molar-refractivity contribution in [1.29, 1.82) is 0 Å². The Morgan fingerprint density at radius 3 is 2.65 bits per heavy atom. The number of hydrogen-bond acceptors (Lipinski definition) is 6. The van der Waals surface area contributed by atoms with E-state index in [2.05, 4.69) is 14.6 Å². The molecule has 0 saturated heterocycles. The van der Waals surface area contributed by atoms with Crippen molar-refractivity contribution in [2.75, 3.05) is 24.6 Å². The molecule has 0 aliphatic carbocycles. The topological polar surface area (TPSA) is 42.4 Å². The van der Waals surface area contributed by atoms with Crippen LogP contribution in [-0.2, 0) is 4.74 Å². The molecule has 0 bridgehead atoms. The van der Waals surface area contributed by atoms with Crippen LogP contribution in [0.5, 0.6) is 0 Å². The van der Waals surface area contributed by atoms with Crippen LogP contribution in [0.25, 0.3) is 9.53 Å². The second-order valence-corrected chi connectivity index (χ2v) is 5.98. The third kappa shape index (κ3) is 3.24. The lowest BCUT2D eigenvalue weighted by Crippen LogP contribution is -2.21. The second-order valence-electron chi connectivity index (χ2n) is 3.94. The summed E-state index contributed by atoms with van der Waals surface area (Å²) in [6, 6.07) is 1.65. The minimum Gasteiger partial charge on any atom is -0.455 e. The molecule has 0 aromatic carbocycles. The number of thiazole rings is 1. The van der Waals surface area contributed by atoms with Crippen LogP contribution in [0, 0.1) is 0 Å². The first-order chi connectivity index (χ1) is 9.55. The number of anilines is 1. The third-order valence-corrected chi connectivity index (χ3v) is 4.85. The molecule has 0 aliphatic heterocycles. The van der Waals surface area contributed by atoms with Crippen molar-refractivity contribution in [3.63, 3.8) is 0 Å². The predicted molar refractivity (Wildman–Crippen MR) is 77.3 cm³/mol. The lowest BCUT2D eigenvalue weighted by atomic mass is 10.5. The van der Waals surface area contributed by atoms with E-state index in [1.54, 1.807) is 6.07 Å². The summed E-state index contributed by atoms with van der Waals surface area (Å²) in [6.45, 7) is 4.95. The molecule has 0 amide bonds. The smallest absolute Gasteiger partial charge is 0.348 e. The summed E-state index contributed by atoms with van der Waals surface area (Å²) in [4.78, 5) is 19.2. The molecule has 0 N–H and O–H groups in total. The quantitative estimate of drug-likeness (QED) is 0.762. The summed E-state index contributed by atoms with van der Waals surface area (Å²) in [6.07, 6.45) is -2.65. The monoisotopic (exact) mass is 320 g/mol. The number of ether oxygens (including phenoxy) is 1. The molecule has 0 saturated carbocycles. The maximum Gasteiger partial charge on any atom is 0.348 e. The van der Waals surface area contributed by atoms with Crippen molar-refractivity contribution >= 4 is 43.3 Å². The number of nitrogens with zero attached hydrogens (tertiary/aromatic N) is 2. The first-order valence-corrected chi connectivity index (χ1v) is 7.79. The predicted octanol–water partition coefficient (Wildman–Crippen LogP) is 3.63. The molecular formula is C12H14F2N2O2S2. The first-order valence-electron chi connectivity index (χ1n) is 6.15. The van der Waals surface area contributed by atoms with Crippen LogP contribution >= 0.6 is 22.7 Å². The summed E-state index contributed by atoms with van der Waals surface area (Å²) in [5, 5.41) is 0.906. The van der Waals surface area contributed by atoms with Crippen LogP contribution in [0.2, 0.25) is 0 Å². The number of rotatable bonds is 6. The zero-order valence-corrected chi connectivity index (χ0v) is 12.7. The summed E-state index contributed by atoms with van der Waals surface area (Å²) >= 11 is 2.66. The summed E-state index contributed by atoms with van der Waals surface area (Å²) in [7, 11) is 0. The molecule has 2 aromatic rings. The van der Waals surface area contributed by atoms with Gasteiger partial charge < -0.3 is 9.64 Å². The molecule has 2 rings (SSSR count). The molecule has 2 aromatic heterocycles. The van der Waals surface area contributed by atoms with Crippen molar-refractivity contribution < 1.29 is 18.3 Å². The van der Waals surface area contributed by atoms with Gasteiger partial charge in [0.15, 0.2) is 11.7 Å². The Morgan fingerprint density at radius 1 is 1.40 bits per heavy atom. The standard InChI is InChI=1S/C12H14F2N2O2S2/c1-3-16(4-2)12-15-10-7(20-12)5-8(19-10)11(17)18-6-9(13)14/h5,9H,3-4,6H2,1-2H3. The summed E-state index contributed by atoms with van der Waals surface area (Å²) < 4.78 is 29.3. The van der Waals surface area contributed by atoms with E-state index in [0.717, 1.165) is 27.8 Å². The lowest BCUT2D eigenvalue weighted by Gasteiger charge is -2.16. The van der Waals surface area contributed by atoms with Crippen molar-refractivity contribution in [1.82, 2.24) is 4.98 Å². The van der Waals surface area contributed by atoms with Gasteiger partial charge in [-0.15, -0.1) is 11.3 Å². The van der Waals surface area contributed by atoms with Gasteiger partial charge >= 0.3 is 5.97 Å². The average Bonchev–Trinajstić information content (AvgIpc) is 2.95. The maximum atomic E-state index is 12.0. The van der Waals surface area contributed by atoms with E-state index in [4.69, 9.17) is 0 Å². The highest BCUT2D eigenvalue weighted by molar-refractivity contribution is 7.29. The fraction of sp³-hybridized carbons (Fsp3) is 0.500. The van der Waals surface area contributed by atoms with Gasteiger partial charge in [-0.1, -0.05) is 11.3 Å². The van der Waals surface area contributed by atoms with Gasteiger partial charge in [0.05, 0.1) is 4.70 Å². The van der Waals surface area contributed by atoms with Crippen LogP contribution < -0.4 is 4.90 Å². The second kappa shape index (κ2) is 6.45. The molecule has 0 aliphatic rings. The van der Waals surface area contributed by atoms with E-state index in [9.17, 15) is 13.6 Å². The molecule has 0 spiro atoms. The Labute approximate surface area is 123 Å². The van der Waals surface area contributed by atoms with Crippen LogP contribution in [-0.4, -0.2) is 37.1 Å². The minimum absolute atomic E-state index is 0.311. The SMILES string of the molecule is CCN(CC)c1nc2sc(C(=O)OCC(F)F)cc2s1. The van der Waals surface area contributed by atoms with Crippen molar-refractivity contribution in [2.24, 2.45) is 0 Å². The molecule has 0 unspecified atom stereocenters. The molecule has 4 nitrogen and oxygen atoms in total. The van der Waals surface area contributed by atoms with Gasteiger partial charge in [0.2, 0.25) is 0 Å². The number of fused-ring (bicyclic) bond motifs is 1. The van der Waals surface area contributed by atoms with Gasteiger partial charge in [-0.2, -0.15) is 0 Å². The fourth-order valence-corrected chi connectivity index (χ4v) is 3.90. The summed E-state index contributed by atoms with van der Waals surface area (Å²) in [5.41, 5.74) is 0. The molecule has 0 radical (unpaired) electrons. The van der Waals surface area contributed by atoms with Crippen molar-refractivity contribution in [2.45, 2.75) is 20.3 Å². The lowest BCUT2D eigenvalue weighted by molar-refractivity contribution is 0.0164. The van der Waals surface area contributed by atoms with E-state index >= 15 is 0 Å². The number of carbonyl (C=O) groups is 1. The zero-order chi connectivity index (χ0) is 14.7. The number of carbonyl (C=O) groups excluding carboxylic acids is 1. The molecule has 0 atom stereocenters. The Kier molecular flexibility index (Phi) is 4.87. The minimum atomic E-state index is -2.65. The van der Waals surface area contributed by atoms with Gasteiger partial charge in [-0.25, -0.2) is 18.6 Å². The highest BCUT2D eigenvalue weighted by Gasteiger charge is 2.17. The number of alkyl halides is 2. The van der Waals surface area contributed by atoms with Crippen molar-refractivity contribution in [3.8, 4) is 0 Å². The van der Waals surface area contributed by atoms with Crippen LogP contribution in [0.1, 0.15) is 23.5 Å². The molecule has 2 heterocycles. The zero-order valence-electron chi connectivity index (χ0n) is 11.1. The maximum absolute atomic E-state index is 12.0. The number of thiophene rings is 1. The fourth-order valence-electron chi connectivity index (χ4n) is 1.66. The number of halogens is 2. The third-order valence-electron chi connectivity index (χ3n) is 2.65. The molecule has 20 heavy (non-hydrogen) atoms. The van der Waals surface area contributed by atoms with Gasteiger partial charge in [-0.3, -0.25) is 0 Å². The van der Waals surface area contributed by atoms with Crippen LogP contribution in [0.3, 0.4) is 0 Å². The van der Waals surface area contributed by atoms with E-state index in [-0.39, 0.29) is 0 Å². The first kappa shape index (κ1) is 15.1. The van der Waals surface area contributed by atoms with Gasteiger partial charge in [0, 0.05) is 13.1 Å². The summed E-state index contributed by atoms with van der Waals surface area (Å²) in [5.74, 6) is -0.718. The Bertz CT molecular complexity index is 562. The molecule has 0 fully saturated rings. The number of aromatic nitrogens is 1. The normalized spacial score (nSPS) is 11.2. The van der Waals surface area contributed by atoms with Crippen LogP contribution in [0.4, 0.5) is 13.9 Å². The molecular weight excluding hydrogens is 306 g/mol. The largest absolute Gasteiger partial charge is 0.455 e. The molecule has 8 heteroatoms. The van der Waals surface area contributed by atoms with Gasteiger partial charge in [-0.05, 0) is 19.9 Å². The highest BCUT2D eigenvalue weighted by Crippen LogP contribution is 2.34. The number of hydrogen-bond donors (Lipinski definition) is 0.